The van der Waals surface area contributed by atoms with Crippen LogP contribution < -0.4 is 9.62 Å². The molecule has 0 bridgehead atoms. The van der Waals surface area contributed by atoms with E-state index in [1.807, 2.05) is 42.5 Å². The zero-order chi connectivity index (χ0) is 19.4. The minimum Gasteiger partial charge on any atom is -0.322 e. The summed E-state index contributed by atoms with van der Waals surface area (Å²) in [6.07, 6.45) is 1.13. The molecule has 0 atom stereocenters. The van der Waals surface area contributed by atoms with Crippen molar-refractivity contribution in [2.24, 2.45) is 0 Å². The Bertz CT molecular complexity index is 1050. The first-order valence-electron chi connectivity index (χ1n) is 8.35. The third-order valence-electron chi connectivity index (χ3n) is 4.22. The highest BCUT2D eigenvalue weighted by atomic mass is 32.2. The number of anilines is 2. The SMILES string of the molecule is CN(c1cccc(NC(=O)c2ccc(-c3ccccc3)cc2)c1)S(C)(=O)=O. The molecule has 0 heterocycles. The van der Waals surface area contributed by atoms with Crippen molar-refractivity contribution in [1.82, 2.24) is 0 Å². The highest BCUT2D eigenvalue weighted by molar-refractivity contribution is 7.92. The molecule has 0 fully saturated rings. The van der Waals surface area contributed by atoms with Crippen molar-refractivity contribution in [3.63, 3.8) is 0 Å². The van der Waals surface area contributed by atoms with Gasteiger partial charge in [-0.3, -0.25) is 9.10 Å². The fourth-order valence-electron chi connectivity index (χ4n) is 2.62. The van der Waals surface area contributed by atoms with E-state index in [4.69, 9.17) is 0 Å². The number of rotatable bonds is 5. The summed E-state index contributed by atoms with van der Waals surface area (Å²) < 4.78 is 24.5. The first-order valence-corrected chi connectivity index (χ1v) is 10.2. The van der Waals surface area contributed by atoms with E-state index in [0.717, 1.165) is 21.7 Å². The molecule has 0 aliphatic heterocycles. The van der Waals surface area contributed by atoms with Crippen LogP contribution in [0.15, 0.2) is 78.9 Å². The molecule has 3 rings (SSSR count). The van der Waals surface area contributed by atoms with Gasteiger partial charge in [-0.1, -0.05) is 48.5 Å². The second-order valence-corrected chi connectivity index (χ2v) is 8.19. The number of carbonyl (C=O) groups excluding carboxylic acids is 1. The van der Waals surface area contributed by atoms with Crippen LogP contribution in [-0.2, 0) is 10.0 Å². The zero-order valence-electron chi connectivity index (χ0n) is 15.1. The maximum atomic E-state index is 12.5. The van der Waals surface area contributed by atoms with E-state index in [-0.39, 0.29) is 5.91 Å². The second kappa shape index (κ2) is 7.63. The van der Waals surface area contributed by atoms with Crippen molar-refractivity contribution in [3.05, 3.63) is 84.4 Å². The topological polar surface area (TPSA) is 66.5 Å². The average molecular weight is 380 g/mol. The number of nitrogens with zero attached hydrogens (tertiary/aromatic N) is 1. The van der Waals surface area contributed by atoms with E-state index in [1.165, 1.54) is 7.05 Å². The number of nitrogens with one attached hydrogen (secondary N) is 1. The lowest BCUT2D eigenvalue weighted by molar-refractivity contribution is 0.102. The first-order chi connectivity index (χ1) is 12.8. The minimum absolute atomic E-state index is 0.256. The summed E-state index contributed by atoms with van der Waals surface area (Å²) in [6.45, 7) is 0. The van der Waals surface area contributed by atoms with Gasteiger partial charge in [0.1, 0.15) is 0 Å². The van der Waals surface area contributed by atoms with Crippen LogP contribution in [0.5, 0.6) is 0 Å². The van der Waals surface area contributed by atoms with E-state index in [9.17, 15) is 13.2 Å². The largest absolute Gasteiger partial charge is 0.322 e. The third-order valence-corrected chi connectivity index (χ3v) is 5.43. The molecular weight excluding hydrogens is 360 g/mol. The van der Waals surface area contributed by atoms with Crippen molar-refractivity contribution in [3.8, 4) is 11.1 Å². The maximum absolute atomic E-state index is 12.5. The predicted octanol–water partition coefficient (Wildman–Crippen LogP) is 4.00. The van der Waals surface area contributed by atoms with Crippen molar-refractivity contribution < 1.29 is 13.2 Å². The molecule has 3 aromatic carbocycles. The Morgan fingerprint density at radius 2 is 1.48 bits per heavy atom. The van der Waals surface area contributed by atoms with Crippen molar-refractivity contribution >= 4 is 27.3 Å². The van der Waals surface area contributed by atoms with E-state index >= 15 is 0 Å². The lowest BCUT2D eigenvalue weighted by atomic mass is 10.0. The number of benzene rings is 3. The molecule has 1 N–H and O–H groups in total. The molecule has 0 saturated heterocycles. The number of amides is 1. The summed E-state index contributed by atoms with van der Waals surface area (Å²) in [5.41, 5.74) is 3.65. The van der Waals surface area contributed by atoms with Crippen molar-refractivity contribution in [2.75, 3.05) is 22.9 Å². The monoisotopic (exact) mass is 380 g/mol. The smallest absolute Gasteiger partial charge is 0.255 e. The van der Waals surface area contributed by atoms with Gasteiger partial charge in [-0.25, -0.2) is 8.42 Å². The molecule has 0 unspecified atom stereocenters. The fourth-order valence-corrected chi connectivity index (χ4v) is 3.12. The first kappa shape index (κ1) is 18.7. The summed E-state index contributed by atoms with van der Waals surface area (Å²) in [7, 11) is -1.89. The molecule has 5 nitrogen and oxygen atoms in total. The molecule has 27 heavy (non-hydrogen) atoms. The summed E-state index contributed by atoms with van der Waals surface area (Å²) in [5.74, 6) is -0.256. The maximum Gasteiger partial charge on any atom is 0.255 e. The Labute approximate surface area is 159 Å². The van der Waals surface area contributed by atoms with Crippen LogP contribution in [0.2, 0.25) is 0 Å². The van der Waals surface area contributed by atoms with Crippen molar-refractivity contribution in [2.45, 2.75) is 0 Å². The minimum atomic E-state index is -3.36. The standard InChI is InChI=1S/C21H20N2O3S/c1-23(27(2,25)26)20-10-6-9-19(15-20)22-21(24)18-13-11-17(12-14-18)16-7-4-3-5-8-16/h3-15H,1-2H3,(H,22,24). The summed E-state index contributed by atoms with van der Waals surface area (Å²) in [4.78, 5) is 12.5. The molecule has 0 aromatic heterocycles. The van der Waals surface area contributed by atoms with Gasteiger partial charge >= 0.3 is 0 Å². The Balaban J connectivity index is 1.76. The van der Waals surface area contributed by atoms with Gasteiger partial charge in [-0.15, -0.1) is 0 Å². The molecule has 0 saturated carbocycles. The highest BCUT2D eigenvalue weighted by Gasteiger charge is 2.13. The number of carbonyl (C=O) groups is 1. The highest BCUT2D eigenvalue weighted by Crippen LogP contribution is 2.22. The molecule has 0 aliphatic carbocycles. The zero-order valence-corrected chi connectivity index (χ0v) is 15.9. The van der Waals surface area contributed by atoms with Gasteiger partial charge in [0.2, 0.25) is 10.0 Å². The van der Waals surface area contributed by atoms with Crippen LogP contribution in [0.3, 0.4) is 0 Å². The Kier molecular flexibility index (Phi) is 5.28. The van der Waals surface area contributed by atoms with Crippen LogP contribution in [0.25, 0.3) is 11.1 Å². The quantitative estimate of drug-likeness (QED) is 0.727. The van der Waals surface area contributed by atoms with Crippen LogP contribution in [-0.4, -0.2) is 27.6 Å². The summed E-state index contributed by atoms with van der Waals surface area (Å²) in [6, 6.07) is 24.0. The fraction of sp³-hybridized carbons (Fsp3) is 0.0952. The van der Waals surface area contributed by atoms with Gasteiger partial charge in [0.15, 0.2) is 0 Å². The van der Waals surface area contributed by atoms with Gasteiger partial charge in [0.25, 0.3) is 5.91 Å². The Hall–Kier alpha value is -3.12. The van der Waals surface area contributed by atoms with E-state index in [2.05, 4.69) is 5.32 Å². The van der Waals surface area contributed by atoms with Crippen LogP contribution >= 0.6 is 0 Å². The van der Waals surface area contributed by atoms with Gasteiger partial charge in [-0.2, -0.15) is 0 Å². The molecule has 0 spiro atoms. The predicted molar refractivity (Wildman–Crippen MR) is 110 cm³/mol. The molecule has 0 radical (unpaired) electrons. The number of hydrogen-bond acceptors (Lipinski definition) is 3. The van der Waals surface area contributed by atoms with Gasteiger partial charge in [-0.05, 0) is 41.5 Å². The van der Waals surface area contributed by atoms with Gasteiger partial charge < -0.3 is 5.32 Å². The van der Waals surface area contributed by atoms with Gasteiger partial charge in [0.05, 0.1) is 11.9 Å². The van der Waals surface area contributed by atoms with Crippen LogP contribution in [0, 0.1) is 0 Å². The Morgan fingerprint density at radius 1 is 0.852 bits per heavy atom. The van der Waals surface area contributed by atoms with E-state index in [0.29, 0.717) is 16.9 Å². The summed E-state index contributed by atoms with van der Waals surface area (Å²) >= 11 is 0. The van der Waals surface area contributed by atoms with Gasteiger partial charge in [0, 0.05) is 18.3 Å². The molecule has 138 valence electrons. The molecule has 3 aromatic rings. The number of sulfonamides is 1. The van der Waals surface area contributed by atoms with Crippen molar-refractivity contribution in [1.29, 1.82) is 0 Å². The lowest BCUT2D eigenvalue weighted by Crippen LogP contribution is -2.24. The molecular formula is C21H20N2O3S. The second-order valence-electron chi connectivity index (χ2n) is 6.18. The molecule has 0 aliphatic rings. The average Bonchev–Trinajstić information content (AvgIpc) is 2.67. The molecule has 6 heteroatoms. The Morgan fingerprint density at radius 3 is 2.11 bits per heavy atom. The van der Waals surface area contributed by atoms with E-state index < -0.39 is 10.0 Å². The molecule has 1 amide bonds. The van der Waals surface area contributed by atoms with Crippen LogP contribution in [0.4, 0.5) is 11.4 Å². The van der Waals surface area contributed by atoms with E-state index in [1.54, 1.807) is 36.4 Å². The lowest BCUT2D eigenvalue weighted by Gasteiger charge is -2.17. The van der Waals surface area contributed by atoms with Crippen LogP contribution in [0.1, 0.15) is 10.4 Å². The third kappa shape index (κ3) is 4.54. The number of hydrogen-bond donors (Lipinski definition) is 1. The normalized spacial score (nSPS) is 11.0. The summed E-state index contributed by atoms with van der Waals surface area (Å²) in [5, 5.41) is 2.80.